The van der Waals surface area contributed by atoms with Crippen LogP contribution in [0.25, 0.3) is 0 Å². The van der Waals surface area contributed by atoms with E-state index in [0.29, 0.717) is 17.9 Å². The second-order valence-corrected chi connectivity index (χ2v) is 7.90. The average Bonchev–Trinajstić information content (AvgIpc) is 2.70. The minimum Gasteiger partial charge on any atom is -0.492 e. The monoisotopic (exact) mass is 428 g/mol. The molecule has 29 heavy (non-hydrogen) atoms. The Hall–Kier alpha value is -2.23. The molecule has 0 fully saturated rings. The lowest BCUT2D eigenvalue weighted by atomic mass is 10.2. The SMILES string of the molecule is CCN(CC)CCOc1ccc(CNS(=O)(=O)c2ccccc2OC(F)F)cc1. The van der Waals surface area contributed by atoms with Gasteiger partial charge in [0.2, 0.25) is 10.0 Å². The number of hydrogen-bond donors (Lipinski definition) is 1. The summed E-state index contributed by atoms with van der Waals surface area (Å²) < 4.78 is 62.3. The topological polar surface area (TPSA) is 67.9 Å². The zero-order valence-corrected chi connectivity index (χ0v) is 17.3. The van der Waals surface area contributed by atoms with Crippen LogP contribution in [0.15, 0.2) is 53.4 Å². The molecule has 160 valence electrons. The zero-order chi connectivity index (χ0) is 21.3. The smallest absolute Gasteiger partial charge is 0.387 e. The number of likely N-dealkylation sites (N-methyl/N-ethyl adjacent to an activating group) is 1. The third kappa shape index (κ3) is 7.26. The van der Waals surface area contributed by atoms with Crippen molar-refractivity contribution in [3.63, 3.8) is 0 Å². The Bertz CT molecular complexity index is 857. The van der Waals surface area contributed by atoms with Crippen LogP contribution in [0.5, 0.6) is 11.5 Å². The molecule has 0 amide bonds. The largest absolute Gasteiger partial charge is 0.492 e. The quantitative estimate of drug-likeness (QED) is 0.561. The van der Waals surface area contributed by atoms with E-state index in [0.717, 1.165) is 19.6 Å². The zero-order valence-electron chi connectivity index (χ0n) is 16.5. The molecule has 0 aliphatic rings. The second-order valence-electron chi connectivity index (χ2n) is 6.17. The van der Waals surface area contributed by atoms with Crippen LogP contribution in [-0.4, -0.2) is 46.2 Å². The Morgan fingerprint density at radius 1 is 1.03 bits per heavy atom. The third-order valence-corrected chi connectivity index (χ3v) is 5.76. The van der Waals surface area contributed by atoms with Gasteiger partial charge in [-0.1, -0.05) is 38.1 Å². The Morgan fingerprint density at radius 3 is 2.31 bits per heavy atom. The van der Waals surface area contributed by atoms with Crippen LogP contribution >= 0.6 is 0 Å². The van der Waals surface area contributed by atoms with Crippen molar-refractivity contribution in [2.45, 2.75) is 31.9 Å². The molecule has 0 aliphatic heterocycles. The van der Waals surface area contributed by atoms with Gasteiger partial charge in [-0.15, -0.1) is 0 Å². The van der Waals surface area contributed by atoms with Gasteiger partial charge in [-0.05, 0) is 42.9 Å². The van der Waals surface area contributed by atoms with Gasteiger partial charge in [0.25, 0.3) is 0 Å². The summed E-state index contributed by atoms with van der Waals surface area (Å²) in [4.78, 5) is 1.91. The summed E-state index contributed by atoms with van der Waals surface area (Å²) in [6, 6.07) is 12.3. The Labute approximate surface area is 170 Å². The molecule has 2 aromatic rings. The van der Waals surface area contributed by atoms with E-state index >= 15 is 0 Å². The second kappa shape index (κ2) is 11.1. The summed E-state index contributed by atoms with van der Waals surface area (Å²) >= 11 is 0. The molecule has 2 rings (SSSR count). The molecule has 0 saturated heterocycles. The summed E-state index contributed by atoms with van der Waals surface area (Å²) in [6.07, 6.45) is 0. The molecule has 2 aromatic carbocycles. The van der Waals surface area contributed by atoms with Crippen molar-refractivity contribution in [1.29, 1.82) is 0 Å². The molecule has 0 heterocycles. The number of rotatable bonds is 12. The van der Waals surface area contributed by atoms with Crippen molar-refractivity contribution < 1.29 is 26.7 Å². The fraction of sp³-hybridized carbons (Fsp3) is 0.400. The van der Waals surface area contributed by atoms with E-state index in [-0.39, 0.29) is 11.4 Å². The molecule has 0 spiro atoms. The number of nitrogens with one attached hydrogen (secondary N) is 1. The fourth-order valence-electron chi connectivity index (χ4n) is 2.66. The summed E-state index contributed by atoms with van der Waals surface area (Å²) in [5, 5.41) is 0. The number of para-hydroxylation sites is 1. The van der Waals surface area contributed by atoms with Crippen LogP contribution in [-0.2, 0) is 16.6 Å². The first-order valence-electron chi connectivity index (χ1n) is 9.33. The van der Waals surface area contributed by atoms with E-state index in [1.165, 1.54) is 24.3 Å². The predicted octanol–water partition coefficient (Wildman–Crippen LogP) is 3.49. The van der Waals surface area contributed by atoms with Gasteiger partial charge in [0, 0.05) is 13.1 Å². The van der Waals surface area contributed by atoms with Crippen molar-refractivity contribution >= 4 is 10.0 Å². The van der Waals surface area contributed by atoms with Gasteiger partial charge in [-0.2, -0.15) is 8.78 Å². The van der Waals surface area contributed by atoms with E-state index < -0.39 is 22.4 Å². The van der Waals surface area contributed by atoms with E-state index in [1.807, 2.05) is 0 Å². The van der Waals surface area contributed by atoms with Crippen LogP contribution in [0.4, 0.5) is 8.78 Å². The third-order valence-electron chi connectivity index (χ3n) is 4.32. The van der Waals surface area contributed by atoms with E-state index in [2.05, 4.69) is 28.2 Å². The minimum atomic E-state index is -4.02. The average molecular weight is 429 g/mol. The first-order chi connectivity index (χ1) is 13.9. The maximum absolute atomic E-state index is 12.5. The molecule has 0 bridgehead atoms. The lowest BCUT2D eigenvalue weighted by Gasteiger charge is -2.18. The summed E-state index contributed by atoms with van der Waals surface area (Å²) in [5.41, 5.74) is 0.705. The maximum Gasteiger partial charge on any atom is 0.387 e. The number of halogens is 2. The molecule has 1 N–H and O–H groups in total. The van der Waals surface area contributed by atoms with E-state index in [9.17, 15) is 17.2 Å². The van der Waals surface area contributed by atoms with Crippen molar-refractivity contribution in [3.05, 3.63) is 54.1 Å². The molecule has 0 unspecified atom stereocenters. The lowest BCUT2D eigenvalue weighted by molar-refractivity contribution is -0.0517. The van der Waals surface area contributed by atoms with Crippen molar-refractivity contribution in [2.24, 2.45) is 0 Å². The standard InChI is InChI=1S/C20H26F2N2O4S/c1-3-24(4-2)13-14-27-17-11-9-16(10-12-17)15-23-29(25,26)19-8-6-5-7-18(19)28-20(21)22/h5-12,20,23H,3-4,13-15H2,1-2H3. The van der Waals surface area contributed by atoms with Gasteiger partial charge in [0.15, 0.2) is 0 Å². The van der Waals surface area contributed by atoms with Crippen LogP contribution < -0.4 is 14.2 Å². The summed E-state index contributed by atoms with van der Waals surface area (Å²) in [6.45, 7) is 4.40. The summed E-state index contributed by atoms with van der Waals surface area (Å²) in [5.74, 6) is 0.298. The van der Waals surface area contributed by atoms with Gasteiger partial charge in [-0.3, -0.25) is 0 Å². The molecule has 0 aromatic heterocycles. The molecule has 0 saturated carbocycles. The van der Waals surface area contributed by atoms with Crippen molar-refractivity contribution in [3.8, 4) is 11.5 Å². The van der Waals surface area contributed by atoms with Crippen LogP contribution in [0, 0.1) is 0 Å². The van der Waals surface area contributed by atoms with Crippen LogP contribution in [0.2, 0.25) is 0 Å². The number of nitrogens with zero attached hydrogens (tertiary/aromatic N) is 1. The summed E-state index contributed by atoms with van der Waals surface area (Å²) in [7, 11) is -4.02. The van der Waals surface area contributed by atoms with Crippen molar-refractivity contribution in [2.75, 3.05) is 26.2 Å². The first-order valence-corrected chi connectivity index (χ1v) is 10.8. The van der Waals surface area contributed by atoms with Crippen LogP contribution in [0.3, 0.4) is 0 Å². The normalized spacial score (nSPS) is 11.8. The molecule has 0 atom stereocenters. The Balaban J connectivity index is 1.94. The van der Waals surface area contributed by atoms with Gasteiger partial charge in [0.05, 0.1) is 0 Å². The lowest BCUT2D eigenvalue weighted by Crippen LogP contribution is -2.27. The van der Waals surface area contributed by atoms with Gasteiger partial charge < -0.3 is 14.4 Å². The Kier molecular flexibility index (Phi) is 8.81. The number of alkyl halides is 2. The molecular weight excluding hydrogens is 402 g/mol. The van der Waals surface area contributed by atoms with E-state index in [1.54, 1.807) is 24.3 Å². The number of benzene rings is 2. The minimum absolute atomic E-state index is 0.00503. The van der Waals surface area contributed by atoms with Gasteiger partial charge in [0.1, 0.15) is 23.0 Å². The van der Waals surface area contributed by atoms with Gasteiger partial charge >= 0.3 is 6.61 Å². The van der Waals surface area contributed by atoms with Crippen LogP contribution in [0.1, 0.15) is 19.4 Å². The van der Waals surface area contributed by atoms with Crippen molar-refractivity contribution in [1.82, 2.24) is 9.62 Å². The number of sulfonamides is 1. The van der Waals surface area contributed by atoms with Gasteiger partial charge in [-0.25, -0.2) is 13.1 Å². The highest BCUT2D eigenvalue weighted by Gasteiger charge is 2.21. The molecule has 0 radical (unpaired) electrons. The Morgan fingerprint density at radius 2 is 1.69 bits per heavy atom. The number of ether oxygens (including phenoxy) is 2. The number of hydrogen-bond acceptors (Lipinski definition) is 5. The molecular formula is C20H26F2N2O4S. The highest BCUT2D eigenvalue weighted by Crippen LogP contribution is 2.25. The predicted molar refractivity (Wildman–Crippen MR) is 107 cm³/mol. The molecule has 0 aliphatic carbocycles. The first kappa shape index (κ1) is 23.1. The molecule has 6 nitrogen and oxygen atoms in total. The highest BCUT2D eigenvalue weighted by atomic mass is 32.2. The highest BCUT2D eigenvalue weighted by molar-refractivity contribution is 7.89. The maximum atomic E-state index is 12.5. The molecule has 9 heteroatoms. The fourth-order valence-corrected chi connectivity index (χ4v) is 3.81. The van der Waals surface area contributed by atoms with E-state index in [4.69, 9.17) is 4.74 Å².